The predicted octanol–water partition coefficient (Wildman–Crippen LogP) is 5.57. The normalized spacial score (nSPS) is 12.0. The lowest BCUT2D eigenvalue weighted by molar-refractivity contribution is 0.219. The summed E-state index contributed by atoms with van der Waals surface area (Å²) < 4.78 is 29.1. The van der Waals surface area contributed by atoms with E-state index in [2.05, 4.69) is 4.98 Å². The van der Waals surface area contributed by atoms with Crippen LogP contribution in [0.25, 0.3) is 22.6 Å². The van der Waals surface area contributed by atoms with Gasteiger partial charge in [0.25, 0.3) is 0 Å². The van der Waals surface area contributed by atoms with Crippen molar-refractivity contribution in [3.05, 3.63) is 53.6 Å². The molecule has 0 amide bonds. The number of hydrogen-bond acceptors (Lipinski definition) is 5. The first kappa shape index (κ1) is 17.9. The average molecular weight is 359 g/mol. The number of benzene rings is 2. The summed E-state index contributed by atoms with van der Waals surface area (Å²) in [5.74, 6) is 0.577. The van der Waals surface area contributed by atoms with Crippen molar-refractivity contribution in [3.8, 4) is 11.5 Å². The van der Waals surface area contributed by atoms with Gasteiger partial charge in [-0.1, -0.05) is 24.3 Å². The minimum Gasteiger partial charge on any atom is -0.436 e. The lowest BCUT2D eigenvalue weighted by Gasteiger charge is -2.16. The van der Waals surface area contributed by atoms with Crippen LogP contribution in [-0.2, 0) is 19.8 Å². The Labute approximate surface area is 147 Å². The fourth-order valence-corrected chi connectivity index (χ4v) is 4.41. The molecule has 0 unspecified atom stereocenters. The first-order chi connectivity index (χ1) is 12.0. The van der Waals surface area contributed by atoms with Gasteiger partial charge in [0, 0.05) is 5.56 Å². The Morgan fingerprint density at radius 3 is 2.32 bits per heavy atom. The molecule has 0 atom stereocenters. The van der Waals surface area contributed by atoms with E-state index < -0.39 is 7.60 Å². The molecule has 3 aromatic rings. The zero-order valence-corrected chi connectivity index (χ0v) is 15.6. The molecule has 0 bridgehead atoms. The molecule has 0 aliphatic heterocycles. The standard InChI is InChI=1S/C19H22NO4P/c1-4-22-25(21,23-5-2)13-15-9-11-16(12-10-15)19-20-18-14(3)7-6-8-17(18)24-19/h6-12H,4-5,13H2,1-3H3. The zero-order valence-electron chi connectivity index (χ0n) is 14.7. The summed E-state index contributed by atoms with van der Waals surface area (Å²) in [7, 11) is -3.10. The second-order valence-electron chi connectivity index (χ2n) is 5.74. The predicted molar refractivity (Wildman–Crippen MR) is 98.7 cm³/mol. The number of fused-ring (bicyclic) bond motifs is 1. The zero-order chi connectivity index (χ0) is 17.9. The Hall–Kier alpha value is -1.94. The molecule has 0 N–H and O–H groups in total. The summed E-state index contributed by atoms with van der Waals surface area (Å²) in [6.07, 6.45) is 0.252. The molecule has 2 aromatic carbocycles. The molecule has 0 saturated heterocycles. The Bertz CT molecular complexity index is 891. The molecule has 0 aliphatic carbocycles. The van der Waals surface area contributed by atoms with Crippen LogP contribution in [0.3, 0.4) is 0 Å². The number of aromatic nitrogens is 1. The molecule has 0 aliphatic rings. The number of oxazole rings is 1. The Morgan fingerprint density at radius 2 is 1.72 bits per heavy atom. The van der Waals surface area contributed by atoms with E-state index >= 15 is 0 Å². The second-order valence-corrected chi connectivity index (χ2v) is 7.80. The molecular weight excluding hydrogens is 337 g/mol. The molecule has 6 heteroatoms. The van der Waals surface area contributed by atoms with Crippen LogP contribution in [0.4, 0.5) is 0 Å². The van der Waals surface area contributed by atoms with Crippen LogP contribution >= 0.6 is 7.60 Å². The lowest BCUT2D eigenvalue weighted by atomic mass is 10.1. The minimum atomic E-state index is -3.10. The van der Waals surface area contributed by atoms with E-state index in [1.807, 2.05) is 63.2 Å². The molecule has 1 heterocycles. The van der Waals surface area contributed by atoms with E-state index in [1.165, 1.54) is 0 Å². The van der Waals surface area contributed by atoms with Gasteiger partial charge in [-0.3, -0.25) is 4.57 Å². The SMILES string of the molecule is CCOP(=O)(Cc1ccc(-c2nc3c(C)cccc3o2)cc1)OCC. The number of para-hydroxylation sites is 1. The van der Waals surface area contributed by atoms with Crippen molar-refractivity contribution in [3.63, 3.8) is 0 Å². The Balaban J connectivity index is 1.84. The summed E-state index contributed by atoms with van der Waals surface area (Å²) >= 11 is 0. The third-order valence-electron chi connectivity index (χ3n) is 3.85. The van der Waals surface area contributed by atoms with E-state index in [0.29, 0.717) is 19.1 Å². The first-order valence-electron chi connectivity index (χ1n) is 8.38. The lowest BCUT2D eigenvalue weighted by Crippen LogP contribution is -1.99. The van der Waals surface area contributed by atoms with Crippen molar-refractivity contribution in [1.29, 1.82) is 0 Å². The number of aryl methyl sites for hydroxylation is 1. The van der Waals surface area contributed by atoms with E-state index in [0.717, 1.165) is 27.8 Å². The molecule has 0 fully saturated rings. The topological polar surface area (TPSA) is 61.6 Å². The van der Waals surface area contributed by atoms with Crippen molar-refractivity contribution < 1.29 is 18.0 Å². The van der Waals surface area contributed by atoms with Gasteiger partial charge in [-0.2, -0.15) is 0 Å². The van der Waals surface area contributed by atoms with Gasteiger partial charge in [-0.15, -0.1) is 0 Å². The molecule has 0 radical (unpaired) electrons. The summed E-state index contributed by atoms with van der Waals surface area (Å²) in [5, 5.41) is 0. The molecule has 3 rings (SSSR count). The summed E-state index contributed by atoms with van der Waals surface area (Å²) in [6.45, 7) is 6.35. The van der Waals surface area contributed by atoms with Crippen molar-refractivity contribution in [2.24, 2.45) is 0 Å². The van der Waals surface area contributed by atoms with E-state index in [9.17, 15) is 4.57 Å². The maximum absolute atomic E-state index is 12.6. The maximum atomic E-state index is 12.6. The van der Waals surface area contributed by atoms with Crippen molar-refractivity contribution >= 4 is 18.7 Å². The third-order valence-corrected chi connectivity index (χ3v) is 5.91. The van der Waals surface area contributed by atoms with Crippen molar-refractivity contribution in [2.45, 2.75) is 26.9 Å². The number of hydrogen-bond donors (Lipinski definition) is 0. The monoisotopic (exact) mass is 359 g/mol. The van der Waals surface area contributed by atoms with Gasteiger partial charge in [-0.05, 0) is 50.1 Å². The highest BCUT2D eigenvalue weighted by Gasteiger charge is 2.24. The fraction of sp³-hybridized carbons (Fsp3) is 0.316. The molecule has 0 saturated carbocycles. The maximum Gasteiger partial charge on any atom is 0.335 e. The second kappa shape index (κ2) is 7.52. The average Bonchev–Trinajstić information content (AvgIpc) is 3.01. The van der Waals surface area contributed by atoms with Gasteiger partial charge in [0.1, 0.15) is 5.52 Å². The van der Waals surface area contributed by atoms with Gasteiger partial charge >= 0.3 is 7.60 Å². The van der Waals surface area contributed by atoms with Crippen LogP contribution in [-0.4, -0.2) is 18.2 Å². The Morgan fingerprint density at radius 1 is 1.04 bits per heavy atom. The van der Waals surface area contributed by atoms with Crippen LogP contribution < -0.4 is 0 Å². The van der Waals surface area contributed by atoms with Gasteiger partial charge in [0.15, 0.2) is 5.58 Å². The van der Waals surface area contributed by atoms with Gasteiger partial charge in [0.2, 0.25) is 5.89 Å². The van der Waals surface area contributed by atoms with Crippen LogP contribution in [0.2, 0.25) is 0 Å². The largest absolute Gasteiger partial charge is 0.436 e. The Kier molecular flexibility index (Phi) is 5.38. The molecule has 1 aromatic heterocycles. The molecular formula is C19H22NO4P. The third kappa shape index (κ3) is 4.01. The van der Waals surface area contributed by atoms with E-state index in [4.69, 9.17) is 13.5 Å². The summed E-state index contributed by atoms with van der Waals surface area (Å²) in [6, 6.07) is 13.5. The van der Waals surface area contributed by atoms with E-state index in [1.54, 1.807) is 0 Å². The molecule has 5 nitrogen and oxygen atoms in total. The number of nitrogens with zero attached hydrogens (tertiary/aromatic N) is 1. The highest BCUT2D eigenvalue weighted by Crippen LogP contribution is 2.51. The van der Waals surface area contributed by atoms with Gasteiger partial charge in [-0.25, -0.2) is 4.98 Å². The van der Waals surface area contributed by atoms with Gasteiger partial charge in [0.05, 0.1) is 19.4 Å². The highest BCUT2D eigenvalue weighted by molar-refractivity contribution is 7.53. The van der Waals surface area contributed by atoms with Crippen LogP contribution in [0, 0.1) is 6.92 Å². The fourth-order valence-electron chi connectivity index (χ4n) is 2.71. The van der Waals surface area contributed by atoms with Crippen LogP contribution in [0.1, 0.15) is 25.0 Å². The summed E-state index contributed by atoms with van der Waals surface area (Å²) in [5.41, 5.74) is 4.50. The summed E-state index contributed by atoms with van der Waals surface area (Å²) in [4.78, 5) is 4.57. The highest BCUT2D eigenvalue weighted by atomic mass is 31.2. The molecule has 25 heavy (non-hydrogen) atoms. The van der Waals surface area contributed by atoms with Crippen molar-refractivity contribution in [2.75, 3.05) is 13.2 Å². The van der Waals surface area contributed by atoms with Gasteiger partial charge < -0.3 is 13.5 Å². The van der Waals surface area contributed by atoms with E-state index in [-0.39, 0.29) is 6.16 Å². The van der Waals surface area contributed by atoms with Crippen LogP contribution in [0.5, 0.6) is 0 Å². The molecule has 0 spiro atoms. The van der Waals surface area contributed by atoms with Crippen molar-refractivity contribution in [1.82, 2.24) is 4.98 Å². The smallest absolute Gasteiger partial charge is 0.335 e. The minimum absolute atomic E-state index is 0.252. The first-order valence-corrected chi connectivity index (χ1v) is 10.1. The molecule has 132 valence electrons. The quantitative estimate of drug-likeness (QED) is 0.516. The number of rotatable bonds is 7. The van der Waals surface area contributed by atoms with Crippen LogP contribution in [0.15, 0.2) is 46.9 Å².